The van der Waals surface area contributed by atoms with Crippen LogP contribution >= 0.6 is 11.6 Å². The summed E-state index contributed by atoms with van der Waals surface area (Å²) in [5.74, 6) is 0.696. The van der Waals surface area contributed by atoms with E-state index in [-0.39, 0.29) is 5.91 Å². The van der Waals surface area contributed by atoms with E-state index >= 15 is 0 Å². The maximum Gasteiger partial charge on any atom is 0.260 e. The summed E-state index contributed by atoms with van der Waals surface area (Å²) in [6.45, 7) is 0. The normalized spacial score (nSPS) is 10.7. The quantitative estimate of drug-likeness (QED) is 0.560. The van der Waals surface area contributed by atoms with Crippen LogP contribution in [0.2, 0.25) is 5.02 Å². The third kappa shape index (κ3) is 3.20. The Hall–Kier alpha value is -3.45. The molecule has 8 heteroatoms. The minimum absolute atomic E-state index is 0.335. The number of hydrogen-bond acceptors (Lipinski definition) is 5. The fourth-order valence-electron chi connectivity index (χ4n) is 2.80. The molecule has 2 heterocycles. The lowest BCUT2D eigenvalue weighted by atomic mass is 10.0. The summed E-state index contributed by atoms with van der Waals surface area (Å²) in [6.07, 6.45) is 6.31. The summed E-state index contributed by atoms with van der Waals surface area (Å²) in [5, 5.41) is 3.25. The molecular formula is C19H14ClN5O2. The van der Waals surface area contributed by atoms with Crippen molar-refractivity contribution in [2.45, 2.75) is 0 Å². The lowest BCUT2D eigenvalue weighted by Gasteiger charge is -2.12. The van der Waals surface area contributed by atoms with Gasteiger partial charge in [0, 0.05) is 40.9 Å². The molecule has 2 N–H and O–H groups in total. The van der Waals surface area contributed by atoms with Crippen molar-refractivity contribution >= 4 is 34.5 Å². The molecule has 0 aliphatic heterocycles. The second-order valence-electron chi connectivity index (χ2n) is 5.65. The number of methoxy groups -OCH3 is 1. The molecule has 0 atom stereocenters. The molecule has 0 radical (unpaired) electrons. The molecular weight excluding hydrogens is 366 g/mol. The van der Waals surface area contributed by atoms with Crippen LogP contribution in [0.25, 0.3) is 22.2 Å². The Kier molecular flexibility index (Phi) is 4.43. The van der Waals surface area contributed by atoms with Crippen LogP contribution in [0.1, 0.15) is 10.4 Å². The van der Waals surface area contributed by atoms with E-state index in [1.54, 1.807) is 56.2 Å². The summed E-state index contributed by atoms with van der Waals surface area (Å²) in [6, 6.07) is 8.86. The van der Waals surface area contributed by atoms with Gasteiger partial charge in [-0.3, -0.25) is 20.1 Å². The largest absolute Gasteiger partial charge is 0.497 e. The van der Waals surface area contributed by atoms with E-state index in [1.807, 2.05) is 6.07 Å². The van der Waals surface area contributed by atoms with Crippen LogP contribution in [-0.2, 0) is 0 Å². The van der Waals surface area contributed by atoms with Gasteiger partial charge in [-0.2, -0.15) is 0 Å². The minimum atomic E-state index is -0.335. The molecule has 7 nitrogen and oxygen atoms in total. The second kappa shape index (κ2) is 7.05. The highest BCUT2D eigenvalue weighted by molar-refractivity contribution is 6.33. The predicted octanol–water partition coefficient (Wildman–Crippen LogP) is 3.93. The van der Waals surface area contributed by atoms with Crippen molar-refractivity contribution in [3.63, 3.8) is 0 Å². The molecule has 2 aromatic carbocycles. The third-order valence-corrected chi connectivity index (χ3v) is 4.39. The van der Waals surface area contributed by atoms with Crippen LogP contribution in [0.5, 0.6) is 5.75 Å². The number of benzene rings is 2. The summed E-state index contributed by atoms with van der Waals surface area (Å²) < 4.78 is 5.29. The molecule has 0 bridgehead atoms. The number of anilines is 1. The number of carbonyl (C=O) groups excluding carboxylic acids is 1. The van der Waals surface area contributed by atoms with Gasteiger partial charge in [0.15, 0.2) is 0 Å². The first kappa shape index (κ1) is 17.0. The van der Waals surface area contributed by atoms with Crippen molar-refractivity contribution < 1.29 is 9.53 Å². The smallest absolute Gasteiger partial charge is 0.260 e. The number of imidazole rings is 1. The highest BCUT2D eigenvalue weighted by atomic mass is 35.5. The van der Waals surface area contributed by atoms with Gasteiger partial charge in [-0.25, -0.2) is 4.98 Å². The molecule has 0 fully saturated rings. The SMILES string of the molecule is COc1ccc(Cl)c(-c2ccc(C(=O)Nc3ncc[nH]3)c3nccnc23)c1. The predicted molar refractivity (Wildman–Crippen MR) is 103 cm³/mol. The van der Waals surface area contributed by atoms with Gasteiger partial charge in [0.25, 0.3) is 5.91 Å². The molecule has 0 aliphatic carbocycles. The van der Waals surface area contributed by atoms with Gasteiger partial charge in [-0.15, -0.1) is 0 Å². The highest BCUT2D eigenvalue weighted by Gasteiger charge is 2.17. The van der Waals surface area contributed by atoms with Crippen LogP contribution in [0.4, 0.5) is 5.95 Å². The zero-order valence-electron chi connectivity index (χ0n) is 14.2. The van der Waals surface area contributed by atoms with Gasteiger partial charge >= 0.3 is 0 Å². The van der Waals surface area contributed by atoms with Gasteiger partial charge in [-0.05, 0) is 24.3 Å². The van der Waals surface area contributed by atoms with Crippen molar-refractivity contribution in [3.8, 4) is 16.9 Å². The Bertz CT molecular complexity index is 1130. The lowest BCUT2D eigenvalue weighted by molar-refractivity contribution is 0.102. The first-order chi connectivity index (χ1) is 13.2. The first-order valence-corrected chi connectivity index (χ1v) is 8.43. The van der Waals surface area contributed by atoms with E-state index in [9.17, 15) is 4.79 Å². The summed E-state index contributed by atoms with van der Waals surface area (Å²) in [7, 11) is 1.59. The molecule has 0 unspecified atom stereocenters. The number of ether oxygens (including phenoxy) is 1. The Morgan fingerprint density at radius 1 is 1.04 bits per heavy atom. The Morgan fingerprint density at radius 2 is 1.85 bits per heavy atom. The van der Waals surface area contributed by atoms with Crippen molar-refractivity contribution in [1.82, 2.24) is 19.9 Å². The number of rotatable bonds is 4. The fourth-order valence-corrected chi connectivity index (χ4v) is 3.02. The zero-order chi connectivity index (χ0) is 18.8. The average Bonchev–Trinajstić information content (AvgIpc) is 3.20. The lowest BCUT2D eigenvalue weighted by Crippen LogP contribution is -2.14. The summed E-state index contributed by atoms with van der Waals surface area (Å²) in [5.41, 5.74) is 2.94. The molecule has 1 amide bonds. The number of halogens is 1. The molecule has 4 aromatic rings. The molecule has 27 heavy (non-hydrogen) atoms. The number of amides is 1. The second-order valence-corrected chi connectivity index (χ2v) is 6.06. The number of fused-ring (bicyclic) bond motifs is 1. The van der Waals surface area contributed by atoms with E-state index < -0.39 is 0 Å². The van der Waals surface area contributed by atoms with Crippen molar-refractivity contribution in [2.24, 2.45) is 0 Å². The van der Waals surface area contributed by atoms with Crippen LogP contribution in [0, 0.1) is 0 Å². The van der Waals surface area contributed by atoms with Crippen molar-refractivity contribution in [2.75, 3.05) is 12.4 Å². The molecule has 2 aromatic heterocycles. The van der Waals surface area contributed by atoms with Crippen LogP contribution in [0.3, 0.4) is 0 Å². The highest BCUT2D eigenvalue weighted by Crippen LogP contribution is 2.35. The fraction of sp³-hybridized carbons (Fsp3) is 0.0526. The number of nitrogens with zero attached hydrogens (tertiary/aromatic N) is 3. The molecule has 134 valence electrons. The monoisotopic (exact) mass is 379 g/mol. The number of hydrogen-bond donors (Lipinski definition) is 2. The van der Waals surface area contributed by atoms with Gasteiger partial charge in [0.2, 0.25) is 5.95 Å². The van der Waals surface area contributed by atoms with E-state index in [0.29, 0.717) is 33.3 Å². The molecule has 0 spiro atoms. The Labute approximate surface area is 159 Å². The molecule has 0 saturated heterocycles. The van der Waals surface area contributed by atoms with Gasteiger partial charge in [0.05, 0.1) is 18.2 Å². The number of aromatic amines is 1. The van der Waals surface area contributed by atoms with Crippen LogP contribution in [0.15, 0.2) is 55.1 Å². The summed E-state index contributed by atoms with van der Waals surface area (Å²) in [4.78, 5) is 28.3. The topological polar surface area (TPSA) is 92.8 Å². The number of carbonyl (C=O) groups is 1. The summed E-state index contributed by atoms with van der Waals surface area (Å²) >= 11 is 6.39. The van der Waals surface area contributed by atoms with Crippen LogP contribution < -0.4 is 10.1 Å². The van der Waals surface area contributed by atoms with Crippen molar-refractivity contribution in [3.05, 3.63) is 65.7 Å². The Balaban J connectivity index is 1.85. The van der Waals surface area contributed by atoms with E-state index in [0.717, 1.165) is 11.1 Å². The molecule has 0 saturated carbocycles. The number of aromatic nitrogens is 4. The first-order valence-electron chi connectivity index (χ1n) is 8.05. The maximum atomic E-state index is 12.7. The maximum absolute atomic E-state index is 12.7. The van der Waals surface area contributed by atoms with Gasteiger partial charge in [0.1, 0.15) is 11.3 Å². The van der Waals surface area contributed by atoms with E-state index in [2.05, 4.69) is 25.3 Å². The van der Waals surface area contributed by atoms with Crippen molar-refractivity contribution in [1.29, 1.82) is 0 Å². The number of H-pyrrole nitrogens is 1. The molecule has 0 aliphatic rings. The zero-order valence-corrected chi connectivity index (χ0v) is 15.0. The average molecular weight is 380 g/mol. The van der Waals surface area contributed by atoms with E-state index in [1.165, 1.54) is 0 Å². The van der Waals surface area contributed by atoms with Crippen LogP contribution in [-0.4, -0.2) is 33.0 Å². The Morgan fingerprint density at radius 3 is 2.59 bits per heavy atom. The molecule has 4 rings (SSSR count). The van der Waals surface area contributed by atoms with E-state index in [4.69, 9.17) is 16.3 Å². The standard InChI is InChI=1S/C19H14ClN5O2/c1-27-11-2-5-15(20)14(10-11)12-3-4-13(17-16(12)21-6-7-22-17)18(26)25-19-23-8-9-24-19/h2-10H,1H3,(H2,23,24,25,26). The van der Waals surface area contributed by atoms with Gasteiger partial charge in [-0.1, -0.05) is 17.7 Å². The third-order valence-electron chi connectivity index (χ3n) is 4.06. The number of nitrogens with one attached hydrogen (secondary N) is 2. The van der Waals surface area contributed by atoms with Gasteiger partial charge < -0.3 is 9.72 Å². The minimum Gasteiger partial charge on any atom is -0.497 e.